The van der Waals surface area contributed by atoms with Crippen molar-refractivity contribution in [3.05, 3.63) is 66.0 Å². The number of benzene rings is 1. The molecule has 0 spiro atoms. The highest BCUT2D eigenvalue weighted by molar-refractivity contribution is 5.97. The van der Waals surface area contributed by atoms with Crippen molar-refractivity contribution in [2.75, 3.05) is 6.54 Å². The van der Waals surface area contributed by atoms with E-state index in [1.54, 1.807) is 30.6 Å². The van der Waals surface area contributed by atoms with Crippen molar-refractivity contribution in [3.63, 3.8) is 0 Å². The highest BCUT2D eigenvalue weighted by atomic mass is 16.5. The third-order valence-corrected chi connectivity index (χ3v) is 4.89. The van der Waals surface area contributed by atoms with Gasteiger partial charge in [0.1, 0.15) is 18.4 Å². The molecule has 2 N–H and O–H groups in total. The molecular formula is C21H20N4O4. The van der Waals surface area contributed by atoms with Gasteiger partial charge < -0.3 is 14.7 Å². The SMILES string of the molecule is O=C(O)[C@H]1CCCN1C(=O)c1cccc(COc2ccc(-c3ccn[nH]3)nc2)c1. The Bertz CT molecular complexity index is 1000. The Kier molecular flexibility index (Phi) is 5.24. The van der Waals surface area contributed by atoms with Crippen molar-refractivity contribution in [2.45, 2.75) is 25.5 Å². The first-order valence-corrected chi connectivity index (χ1v) is 9.33. The van der Waals surface area contributed by atoms with E-state index in [9.17, 15) is 14.7 Å². The predicted molar refractivity (Wildman–Crippen MR) is 104 cm³/mol. The van der Waals surface area contributed by atoms with Gasteiger partial charge in [0.25, 0.3) is 5.91 Å². The molecule has 8 heteroatoms. The van der Waals surface area contributed by atoms with E-state index in [-0.39, 0.29) is 12.5 Å². The number of hydrogen-bond donors (Lipinski definition) is 2. The van der Waals surface area contributed by atoms with E-state index in [1.165, 1.54) is 4.90 Å². The fourth-order valence-electron chi connectivity index (χ4n) is 3.42. The van der Waals surface area contributed by atoms with Crippen LogP contribution < -0.4 is 4.74 Å². The maximum Gasteiger partial charge on any atom is 0.326 e. The molecule has 4 rings (SSSR count). The molecule has 0 saturated carbocycles. The van der Waals surface area contributed by atoms with Crippen molar-refractivity contribution in [1.29, 1.82) is 0 Å². The number of rotatable bonds is 6. The zero-order chi connectivity index (χ0) is 20.2. The summed E-state index contributed by atoms with van der Waals surface area (Å²) in [4.78, 5) is 29.9. The summed E-state index contributed by atoms with van der Waals surface area (Å²) in [5, 5.41) is 16.1. The number of nitrogens with one attached hydrogen (secondary N) is 1. The molecule has 0 unspecified atom stereocenters. The monoisotopic (exact) mass is 392 g/mol. The molecule has 0 aliphatic carbocycles. The van der Waals surface area contributed by atoms with Gasteiger partial charge >= 0.3 is 5.97 Å². The normalized spacial score (nSPS) is 16.0. The number of pyridine rings is 1. The first-order valence-electron chi connectivity index (χ1n) is 9.33. The maximum absolute atomic E-state index is 12.7. The first kappa shape index (κ1) is 18.7. The molecule has 1 amide bonds. The Balaban J connectivity index is 1.41. The standard InChI is InChI=1S/C21H20N4O4/c26-20(25-10-2-5-19(25)21(27)28)15-4-1-3-14(11-15)13-29-16-6-7-17(22-12-16)18-8-9-23-24-18/h1,3-4,6-9,11-12,19H,2,5,10,13H2,(H,23,24)(H,27,28)/t19-/m1/s1. The van der Waals surface area contributed by atoms with E-state index in [2.05, 4.69) is 15.2 Å². The summed E-state index contributed by atoms with van der Waals surface area (Å²) in [5.74, 6) is -0.612. The molecule has 29 heavy (non-hydrogen) atoms. The molecule has 0 radical (unpaired) electrons. The molecule has 2 aromatic heterocycles. The first-order chi connectivity index (χ1) is 14.1. The summed E-state index contributed by atoms with van der Waals surface area (Å²) in [5.41, 5.74) is 2.87. The molecule has 8 nitrogen and oxygen atoms in total. The summed E-state index contributed by atoms with van der Waals surface area (Å²) in [6.07, 6.45) is 4.49. The van der Waals surface area contributed by atoms with E-state index < -0.39 is 12.0 Å². The summed E-state index contributed by atoms with van der Waals surface area (Å²) in [6, 6.07) is 11.8. The number of carbonyl (C=O) groups is 2. The second-order valence-electron chi connectivity index (χ2n) is 6.83. The Morgan fingerprint density at radius 3 is 2.86 bits per heavy atom. The number of H-pyrrole nitrogens is 1. The highest BCUT2D eigenvalue weighted by Gasteiger charge is 2.34. The van der Waals surface area contributed by atoms with Crippen LogP contribution >= 0.6 is 0 Å². The van der Waals surface area contributed by atoms with Crippen molar-refractivity contribution in [2.24, 2.45) is 0 Å². The average molecular weight is 392 g/mol. The fourth-order valence-corrected chi connectivity index (χ4v) is 3.42. The molecule has 1 saturated heterocycles. The highest BCUT2D eigenvalue weighted by Crippen LogP contribution is 2.22. The smallest absolute Gasteiger partial charge is 0.326 e. The van der Waals surface area contributed by atoms with E-state index >= 15 is 0 Å². The van der Waals surface area contributed by atoms with Crippen LogP contribution in [0.4, 0.5) is 0 Å². The number of aromatic nitrogens is 3. The second-order valence-corrected chi connectivity index (χ2v) is 6.83. The van der Waals surface area contributed by atoms with Crippen molar-refractivity contribution < 1.29 is 19.4 Å². The van der Waals surface area contributed by atoms with Crippen LogP contribution in [0.1, 0.15) is 28.8 Å². The number of carboxylic acid groups (broad SMARTS) is 1. The largest absolute Gasteiger partial charge is 0.487 e. The van der Waals surface area contributed by atoms with Gasteiger partial charge in [-0.3, -0.25) is 14.9 Å². The Morgan fingerprint density at radius 2 is 2.14 bits per heavy atom. The minimum absolute atomic E-state index is 0.262. The molecule has 0 bridgehead atoms. The van der Waals surface area contributed by atoms with Crippen LogP contribution in [-0.2, 0) is 11.4 Å². The number of carbonyl (C=O) groups excluding carboxylic acids is 1. The van der Waals surface area contributed by atoms with Gasteiger partial charge in [-0.1, -0.05) is 12.1 Å². The molecule has 1 aliphatic heterocycles. The second kappa shape index (κ2) is 8.14. The average Bonchev–Trinajstić information content (AvgIpc) is 3.44. The van der Waals surface area contributed by atoms with Crippen LogP contribution in [-0.4, -0.2) is 49.7 Å². The van der Waals surface area contributed by atoms with Crippen molar-refractivity contribution >= 4 is 11.9 Å². The summed E-state index contributed by atoms with van der Waals surface area (Å²) < 4.78 is 5.78. The van der Waals surface area contributed by atoms with Gasteiger partial charge in [0, 0.05) is 18.3 Å². The van der Waals surface area contributed by atoms with E-state index in [0.717, 1.165) is 17.0 Å². The van der Waals surface area contributed by atoms with Crippen LogP contribution in [0.5, 0.6) is 5.75 Å². The molecule has 1 aliphatic rings. The lowest BCUT2D eigenvalue weighted by Gasteiger charge is -2.21. The molecule has 1 aromatic carbocycles. The quantitative estimate of drug-likeness (QED) is 0.668. The maximum atomic E-state index is 12.7. The Labute approximate surface area is 167 Å². The van der Waals surface area contributed by atoms with Crippen LogP contribution in [0.15, 0.2) is 54.9 Å². The van der Waals surface area contributed by atoms with Gasteiger partial charge in [0.05, 0.1) is 17.6 Å². The van der Waals surface area contributed by atoms with Gasteiger partial charge in [-0.15, -0.1) is 0 Å². The van der Waals surface area contributed by atoms with Crippen LogP contribution in [0.25, 0.3) is 11.4 Å². The number of likely N-dealkylation sites (tertiary alicyclic amines) is 1. The van der Waals surface area contributed by atoms with Gasteiger partial charge in [-0.25, -0.2) is 4.79 Å². The molecule has 1 atom stereocenters. The van der Waals surface area contributed by atoms with Crippen LogP contribution in [0.2, 0.25) is 0 Å². The number of hydrogen-bond acceptors (Lipinski definition) is 5. The topological polar surface area (TPSA) is 108 Å². The number of carboxylic acids is 1. The van der Waals surface area contributed by atoms with Crippen molar-refractivity contribution in [3.8, 4) is 17.1 Å². The number of aromatic amines is 1. The lowest BCUT2D eigenvalue weighted by Crippen LogP contribution is -2.40. The number of nitrogens with zero attached hydrogens (tertiary/aromatic N) is 3. The summed E-state index contributed by atoms with van der Waals surface area (Å²) in [7, 11) is 0. The molecule has 3 aromatic rings. The summed E-state index contributed by atoms with van der Waals surface area (Å²) >= 11 is 0. The van der Waals surface area contributed by atoms with Crippen LogP contribution in [0, 0.1) is 0 Å². The Morgan fingerprint density at radius 1 is 1.24 bits per heavy atom. The van der Waals surface area contributed by atoms with E-state index in [1.807, 2.05) is 24.3 Å². The minimum Gasteiger partial charge on any atom is -0.487 e. The summed E-state index contributed by atoms with van der Waals surface area (Å²) in [6.45, 7) is 0.736. The third kappa shape index (κ3) is 4.11. The number of ether oxygens (including phenoxy) is 1. The van der Waals surface area contributed by atoms with Gasteiger partial charge in [0.2, 0.25) is 0 Å². The van der Waals surface area contributed by atoms with Gasteiger partial charge in [0.15, 0.2) is 0 Å². The van der Waals surface area contributed by atoms with Gasteiger partial charge in [-0.05, 0) is 48.7 Å². The number of amides is 1. The molecule has 148 valence electrons. The van der Waals surface area contributed by atoms with Crippen LogP contribution in [0.3, 0.4) is 0 Å². The molecule has 1 fully saturated rings. The minimum atomic E-state index is -0.957. The van der Waals surface area contributed by atoms with Gasteiger partial charge in [-0.2, -0.15) is 5.10 Å². The number of aliphatic carboxylic acids is 1. The fraction of sp³-hybridized carbons (Fsp3) is 0.238. The molecule has 3 heterocycles. The van der Waals surface area contributed by atoms with E-state index in [0.29, 0.717) is 30.7 Å². The Hall–Kier alpha value is -3.68. The zero-order valence-electron chi connectivity index (χ0n) is 15.6. The predicted octanol–water partition coefficient (Wildman–Crippen LogP) is 2.74. The van der Waals surface area contributed by atoms with Crippen molar-refractivity contribution in [1.82, 2.24) is 20.1 Å². The molecular weight excluding hydrogens is 372 g/mol. The third-order valence-electron chi connectivity index (χ3n) is 4.89. The zero-order valence-corrected chi connectivity index (χ0v) is 15.6. The lowest BCUT2D eigenvalue weighted by molar-refractivity contribution is -0.141. The lowest BCUT2D eigenvalue weighted by atomic mass is 10.1. The van der Waals surface area contributed by atoms with E-state index in [4.69, 9.17) is 4.74 Å².